The van der Waals surface area contributed by atoms with Crippen LogP contribution in [0.3, 0.4) is 0 Å². The molecular weight excluding hydrogens is 306 g/mol. The first kappa shape index (κ1) is 14.0. The summed E-state index contributed by atoms with van der Waals surface area (Å²) in [5, 5.41) is 15.0. The van der Waals surface area contributed by atoms with Gasteiger partial charge < -0.3 is 15.2 Å². The summed E-state index contributed by atoms with van der Waals surface area (Å²) >= 11 is 7.66. The van der Waals surface area contributed by atoms with Crippen LogP contribution in [-0.4, -0.2) is 5.97 Å². The summed E-state index contributed by atoms with van der Waals surface area (Å²) in [4.78, 5) is 13.0. The maximum Gasteiger partial charge on any atom is 0.0716 e. The number of allylic oxidation sites excluding steroid dienone is 1. The Kier molecular flexibility index (Phi) is 3.66. The van der Waals surface area contributed by atoms with Crippen molar-refractivity contribution in [2.45, 2.75) is 16.7 Å². The van der Waals surface area contributed by atoms with Crippen LogP contribution in [-0.2, 0) is 0 Å². The standard InChI is InChI=1S/C16H12ClNO2S/c1-2-12-11-8-10(17)4-6-14(11)21-15-5-3-9(16(19)20)7-13(15)18-12/h2-8,18H,1H3,(H,19,20)/p-1. The number of aromatic carboxylic acids is 1. The molecule has 0 atom stereocenters. The molecule has 1 aliphatic rings. The number of benzene rings is 2. The van der Waals surface area contributed by atoms with Crippen molar-refractivity contribution in [2.24, 2.45) is 0 Å². The van der Waals surface area contributed by atoms with Crippen LogP contribution in [0.4, 0.5) is 5.69 Å². The van der Waals surface area contributed by atoms with E-state index in [0.29, 0.717) is 5.02 Å². The Morgan fingerprint density at radius 1 is 1.24 bits per heavy atom. The number of carbonyl (C=O) groups is 1. The van der Waals surface area contributed by atoms with Crippen LogP contribution in [0.1, 0.15) is 22.8 Å². The van der Waals surface area contributed by atoms with Gasteiger partial charge >= 0.3 is 0 Å². The lowest BCUT2D eigenvalue weighted by Gasteiger charge is -2.12. The molecular formula is C16H11ClNO2S-. The van der Waals surface area contributed by atoms with Crippen LogP contribution in [0.5, 0.6) is 0 Å². The third-order valence-electron chi connectivity index (χ3n) is 3.22. The molecule has 5 heteroatoms. The van der Waals surface area contributed by atoms with Gasteiger partial charge in [0.15, 0.2) is 0 Å². The molecule has 1 aliphatic heterocycles. The van der Waals surface area contributed by atoms with Gasteiger partial charge in [-0.3, -0.25) is 0 Å². The van der Waals surface area contributed by atoms with E-state index in [0.717, 1.165) is 26.7 Å². The molecule has 0 aliphatic carbocycles. The van der Waals surface area contributed by atoms with Gasteiger partial charge in [-0.1, -0.05) is 35.5 Å². The highest BCUT2D eigenvalue weighted by Crippen LogP contribution is 2.43. The van der Waals surface area contributed by atoms with Crippen molar-refractivity contribution in [1.82, 2.24) is 0 Å². The molecule has 106 valence electrons. The Labute approximate surface area is 131 Å². The predicted octanol–water partition coefficient (Wildman–Crippen LogP) is 3.64. The SMILES string of the molecule is CC=C1Nc2cc(C(=O)[O-])ccc2Sc2ccc(Cl)cc21. The fraction of sp³-hybridized carbons (Fsp3) is 0.0625. The molecule has 0 bridgehead atoms. The highest BCUT2D eigenvalue weighted by Gasteiger charge is 2.17. The number of carbonyl (C=O) groups excluding carboxylic acids is 1. The molecule has 0 fully saturated rings. The van der Waals surface area contributed by atoms with Crippen LogP contribution in [0, 0.1) is 0 Å². The van der Waals surface area contributed by atoms with Crippen molar-refractivity contribution in [3.05, 3.63) is 58.6 Å². The number of carboxylic acids is 1. The second-order valence-electron chi connectivity index (χ2n) is 4.57. The molecule has 0 radical (unpaired) electrons. The predicted molar refractivity (Wildman–Crippen MR) is 83.6 cm³/mol. The Morgan fingerprint density at radius 2 is 2.00 bits per heavy atom. The van der Waals surface area contributed by atoms with Gasteiger partial charge in [-0.15, -0.1) is 0 Å². The summed E-state index contributed by atoms with van der Waals surface area (Å²) < 4.78 is 0. The number of hydrogen-bond acceptors (Lipinski definition) is 4. The highest BCUT2D eigenvalue weighted by molar-refractivity contribution is 7.99. The third-order valence-corrected chi connectivity index (χ3v) is 4.61. The lowest BCUT2D eigenvalue weighted by Crippen LogP contribution is -2.22. The number of halogens is 1. The molecule has 0 saturated carbocycles. The molecule has 0 saturated heterocycles. The van der Waals surface area contributed by atoms with E-state index >= 15 is 0 Å². The summed E-state index contributed by atoms with van der Waals surface area (Å²) in [6.45, 7) is 1.92. The van der Waals surface area contributed by atoms with E-state index in [1.165, 1.54) is 0 Å². The monoisotopic (exact) mass is 316 g/mol. The first-order valence-corrected chi connectivity index (χ1v) is 7.54. The Balaban J connectivity index is 2.15. The molecule has 21 heavy (non-hydrogen) atoms. The zero-order valence-corrected chi connectivity index (χ0v) is 12.7. The average Bonchev–Trinajstić information content (AvgIpc) is 2.62. The second kappa shape index (κ2) is 5.47. The van der Waals surface area contributed by atoms with Crippen LogP contribution >= 0.6 is 23.4 Å². The summed E-state index contributed by atoms with van der Waals surface area (Å²) in [5.74, 6) is -1.18. The van der Waals surface area contributed by atoms with Crippen LogP contribution in [0.15, 0.2) is 52.3 Å². The summed E-state index contributed by atoms with van der Waals surface area (Å²) in [5.41, 5.74) is 2.80. The molecule has 1 heterocycles. The second-order valence-corrected chi connectivity index (χ2v) is 6.09. The third kappa shape index (κ3) is 2.64. The van der Waals surface area contributed by atoms with Gasteiger partial charge in [0.25, 0.3) is 0 Å². The zero-order valence-electron chi connectivity index (χ0n) is 11.1. The average molecular weight is 317 g/mol. The summed E-state index contributed by atoms with van der Waals surface area (Å²) in [6, 6.07) is 10.6. The van der Waals surface area contributed by atoms with Crippen LogP contribution in [0.25, 0.3) is 5.70 Å². The van der Waals surface area contributed by atoms with Gasteiger partial charge in [-0.2, -0.15) is 0 Å². The van der Waals surface area contributed by atoms with E-state index in [2.05, 4.69) is 5.32 Å². The van der Waals surface area contributed by atoms with E-state index in [1.54, 1.807) is 30.0 Å². The number of carboxylic acid groups (broad SMARTS) is 1. The number of fused-ring (bicyclic) bond motifs is 2. The number of rotatable bonds is 1. The van der Waals surface area contributed by atoms with Gasteiger partial charge in [0, 0.05) is 26.1 Å². The van der Waals surface area contributed by atoms with Gasteiger partial charge in [-0.05, 0) is 42.8 Å². The van der Waals surface area contributed by atoms with E-state index in [9.17, 15) is 9.90 Å². The minimum atomic E-state index is -1.18. The molecule has 0 aromatic heterocycles. The number of hydrogen-bond donors (Lipinski definition) is 1. The van der Waals surface area contributed by atoms with Crippen molar-refractivity contribution in [3.63, 3.8) is 0 Å². The molecule has 1 N–H and O–H groups in total. The van der Waals surface area contributed by atoms with Gasteiger partial charge in [0.05, 0.1) is 11.7 Å². The Morgan fingerprint density at radius 3 is 2.71 bits per heavy atom. The number of anilines is 1. The Hall–Kier alpha value is -1.91. The topological polar surface area (TPSA) is 52.2 Å². The Bertz CT molecular complexity index is 771. The van der Waals surface area contributed by atoms with Gasteiger partial charge in [0.2, 0.25) is 0 Å². The van der Waals surface area contributed by atoms with E-state index in [4.69, 9.17) is 11.6 Å². The molecule has 3 nitrogen and oxygen atoms in total. The van der Waals surface area contributed by atoms with Crippen molar-refractivity contribution in [3.8, 4) is 0 Å². The normalized spacial score (nSPS) is 14.9. The summed E-state index contributed by atoms with van der Waals surface area (Å²) in [7, 11) is 0. The minimum absolute atomic E-state index is 0.154. The van der Waals surface area contributed by atoms with Crippen molar-refractivity contribution in [2.75, 3.05) is 5.32 Å². The molecule has 0 spiro atoms. The summed E-state index contributed by atoms with van der Waals surface area (Å²) in [6.07, 6.45) is 1.94. The first-order valence-electron chi connectivity index (χ1n) is 6.35. The maximum atomic E-state index is 11.0. The largest absolute Gasteiger partial charge is 0.545 e. The fourth-order valence-corrected chi connectivity index (χ4v) is 3.38. The van der Waals surface area contributed by atoms with Gasteiger partial charge in [0.1, 0.15) is 0 Å². The van der Waals surface area contributed by atoms with Crippen LogP contribution < -0.4 is 10.4 Å². The lowest BCUT2D eigenvalue weighted by atomic mass is 10.1. The molecule has 3 rings (SSSR count). The van der Waals surface area contributed by atoms with E-state index < -0.39 is 5.97 Å². The molecule has 0 unspecified atom stereocenters. The zero-order chi connectivity index (χ0) is 15.0. The quantitative estimate of drug-likeness (QED) is 0.872. The minimum Gasteiger partial charge on any atom is -0.545 e. The fourth-order valence-electron chi connectivity index (χ4n) is 2.20. The van der Waals surface area contributed by atoms with Gasteiger partial charge in [-0.25, -0.2) is 0 Å². The van der Waals surface area contributed by atoms with E-state index in [-0.39, 0.29) is 5.56 Å². The van der Waals surface area contributed by atoms with Crippen molar-refractivity contribution < 1.29 is 9.90 Å². The van der Waals surface area contributed by atoms with Crippen LogP contribution in [0.2, 0.25) is 5.02 Å². The highest BCUT2D eigenvalue weighted by atomic mass is 35.5. The molecule has 0 amide bonds. The maximum absolute atomic E-state index is 11.0. The van der Waals surface area contributed by atoms with Crippen molar-refractivity contribution >= 4 is 40.7 Å². The first-order chi connectivity index (χ1) is 10.1. The van der Waals surface area contributed by atoms with E-state index in [1.807, 2.05) is 31.2 Å². The lowest BCUT2D eigenvalue weighted by molar-refractivity contribution is -0.255. The van der Waals surface area contributed by atoms with Crippen molar-refractivity contribution in [1.29, 1.82) is 0 Å². The number of nitrogens with one attached hydrogen (secondary N) is 1. The molecule has 2 aromatic rings. The molecule has 2 aromatic carbocycles. The smallest absolute Gasteiger partial charge is 0.0716 e.